The van der Waals surface area contributed by atoms with Gasteiger partial charge >= 0.3 is 0 Å². The SMILES string of the molecule is O=S(=O)(NCC1CCC(CNc2nc(Nc3cccc(F)c3)c3ccccc3n2)CC1)c1cccc2ccccc12. The first kappa shape index (κ1) is 27.1. The number of halogens is 1. The number of nitrogens with one attached hydrogen (secondary N) is 3. The molecule has 9 heteroatoms. The first-order chi connectivity index (χ1) is 19.9. The Kier molecular flexibility index (Phi) is 7.80. The third-order valence-corrected chi connectivity index (χ3v) is 9.29. The number of nitrogens with zero attached hydrogens (tertiary/aromatic N) is 2. The maximum atomic E-state index is 13.7. The standard InChI is InChI=1S/C32H32FN5O2S/c33-25-9-6-10-26(19-25)36-31-28-12-3-4-13-29(28)37-32(38-31)34-20-22-15-17-23(18-16-22)21-35-41(39,40)30-14-5-8-24-7-1-2-11-27(24)30/h1-14,19,22-23,35H,15-18,20-21H2,(H2,34,36,37,38). The van der Waals surface area contributed by atoms with Crippen molar-refractivity contribution >= 4 is 49.2 Å². The van der Waals surface area contributed by atoms with Gasteiger partial charge in [-0.25, -0.2) is 22.5 Å². The number of para-hydroxylation sites is 1. The van der Waals surface area contributed by atoms with Crippen molar-refractivity contribution in [2.24, 2.45) is 11.8 Å². The molecule has 0 spiro atoms. The second-order valence-electron chi connectivity index (χ2n) is 10.6. The summed E-state index contributed by atoms with van der Waals surface area (Å²) in [6.45, 7) is 1.17. The molecule has 210 valence electrons. The van der Waals surface area contributed by atoms with Crippen LogP contribution in [0.1, 0.15) is 25.7 Å². The molecule has 1 fully saturated rings. The molecule has 7 nitrogen and oxygen atoms in total. The topological polar surface area (TPSA) is 96.0 Å². The van der Waals surface area contributed by atoms with Crippen molar-refractivity contribution in [1.82, 2.24) is 14.7 Å². The molecular weight excluding hydrogens is 537 g/mol. The molecule has 1 aliphatic rings. The average molecular weight is 570 g/mol. The predicted octanol–water partition coefficient (Wildman–Crippen LogP) is 6.86. The zero-order chi connectivity index (χ0) is 28.2. The molecule has 0 radical (unpaired) electrons. The molecule has 3 N–H and O–H groups in total. The molecule has 1 aromatic heterocycles. The van der Waals surface area contributed by atoms with E-state index in [4.69, 9.17) is 4.98 Å². The smallest absolute Gasteiger partial charge is 0.241 e. The van der Waals surface area contributed by atoms with Crippen molar-refractivity contribution in [3.8, 4) is 0 Å². The molecule has 1 saturated carbocycles. The number of hydrogen-bond acceptors (Lipinski definition) is 6. The van der Waals surface area contributed by atoms with Crippen molar-refractivity contribution in [2.75, 3.05) is 23.7 Å². The first-order valence-electron chi connectivity index (χ1n) is 14.0. The Hall–Kier alpha value is -4.08. The highest BCUT2D eigenvalue weighted by Crippen LogP contribution is 2.30. The second kappa shape index (κ2) is 11.8. The molecule has 41 heavy (non-hydrogen) atoms. The summed E-state index contributed by atoms with van der Waals surface area (Å²) in [6, 6.07) is 27.0. The zero-order valence-corrected chi connectivity index (χ0v) is 23.4. The molecular formula is C32H32FN5O2S. The molecule has 0 aliphatic heterocycles. The lowest BCUT2D eigenvalue weighted by Crippen LogP contribution is -2.32. The van der Waals surface area contributed by atoms with Crippen LogP contribution < -0.4 is 15.4 Å². The van der Waals surface area contributed by atoms with E-state index < -0.39 is 10.0 Å². The van der Waals surface area contributed by atoms with Crippen molar-refractivity contribution < 1.29 is 12.8 Å². The largest absolute Gasteiger partial charge is 0.354 e. The maximum absolute atomic E-state index is 13.7. The van der Waals surface area contributed by atoms with Crippen molar-refractivity contribution in [2.45, 2.75) is 30.6 Å². The van der Waals surface area contributed by atoms with E-state index in [2.05, 4.69) is 20.3 Å². The van der Waals surface area contributed by atoms with Crippen LogP contribution in [0.4, 0.5) is 21.8 Å². The van der Waals surface area contributed by atoms with Crippen LogP contribution in [0, 0.1) is 17.7 Å². The van der Waals surface area contributed by atoms with Crippen molar-refractivity contribution in [3.05, 3.63) is 96.8 Å². The Bertz CT molecular complexity index is 1780. The van der Waals surface area contributed by atoms with Crippen LogP contribution in [0.2, 0.25) is 0 Å². The Morgan fingerprint density at radius 3 is 2.24 bits per heavy atom. The summed E-state index contributed by atoms with van der Waals surface area (Å²) < 4.78 is 42.8. The van der Waals surface area contributed by atoms with Gasteiger partial charge in [-0.15, -0.1) is 0 Å². The van der Waals surface area contributed by atoms with Gasteiger partial charge in [-0.3, -0.25) is 0 Å². The summed E-state index contributed by atoms with van der Waals surface area (Å²) in [5.41, 5.74) is 1.42. The molecule has 0 bridgehead atoms. The van der Waals surface area contributed by atoms with Crippen LogP contribution in [-0.4, -0.2) is 31.5 Å². The van der Waals surface area contributed by atoms with Gasteiger partial charge in [-0.1, -0.05) is 54.6 Å². The minimum Gasteiger partial charge on any atom is -0.354 e. The van der Waals surface area contributed by atoms with Crippen LogP contribution >= 0.6 is 0 Å². The number of anilines is 3. The lowest BCUT2D eigenvalue weighted by molar-refractivity contribution is 0.284. The maximum Gasteiger partial charge on any atom is 0.241 e. The number of aromatic nitrogens is 2. The average Bonchev–Trinajstić information content (AvgIpc) is 2.99. The van der Waals surface area contributed by atoms with Crippen LogP contribution in [-0.2, 0) is 10.0 Å². The Morgan fingerprint density at radius 2 is 1.44 bits per heavy atom. The minimum absolute atomic E-state index is 0.301. The van der Waals surface area contributed by atoms with Crippen LogP contribution in [0.3, 0.4) is 0 Å². The monoisotopic (exact) mass is 569 g/mol. The van der Waals surface area contributed by atoms with Crippen LogP contribution in [0.5, 0.6) is 0 Å². The van der Waals surface area contributed by atoms with Crippen molar-refractivity contribution in [1.29, 1.82) is 0 Å². The zero-order valence-electron chi connectivity index (χ0n) is 22.6. The van der Waals surface area contributed by atoms with Gasteiger partial charge in [-0.05, 0) is 79.3 Å². The highest BCUT2D eigenvalue weighted by molar-refractivity contribution is 7.89. The van der Waals surface area contributed by atoms with Gasteiger partial charge in [-0.2, -0.15) is 4.98 Å². The first-order valence-corrected chi connectivity index (χ1v) is 15.4. The highest BCUT2D eigenvalue weighted by atomic mass is 32.2. The molecule has 5 aromatic rings. The molecule has 0 saturated heterocycles. The van der Waals surface area contributed by atoms with Crippen LogP contribution in [0.25, 0.3) is 21.7 Å². The lowest BCUT2D eigenvalue weighted by Gasteiger charge is -2.28. The molecule has 0 atom stereocenters. The van der Waals surface area contributed by atoms with Gasteiger partial charge < -0.3 is 10.6 Å². The number of benzene rings is 4. The molecule has 4 aromatic carbocycles. The normalized spacial score (nSPS) is 17.5. The second-order valence-corrected chi connectivity index (χ2v) is 12.4. The Balaban J connectivity index is 1.05. The van der Waals surface area contributed by atoms with E-state index in [-0.39, 0.29) is 5.82 Å². The molecule has 1 aliphatic carbocycles. The van der Waals surface area contributed by atoms with Crippen molar-refractivity contribution in [3.63, 3.8) is 0 Å². The van der Waals surface area contributed by atoms with Gasteiger partial charge in [0.05, 0.1) is 10.4 Å². The van der Waals surface area contributed by atoms with Gasteiger partial charge in [0.2, 0.25) is 16.0 Å². The Morgan fingerprint density at radius 1 is 0.756 bits per heavy atom. The number of rotatable bonds is 9. The fourth-order valence-electron chi connectivity index (χ4n) is 5.56. The summed E-state index contributed by atoms with van der Waals surface area (Å²) in [5, 5.41) is 9.14. The summed E-state index contributed by atoms with van der Waals surface area (Å²) in [5.74, 6) is 1.56. The van der Waals surface area contributed by atoms with Gasteiger partial charge in [0.25, 0.3) is 0 Å². The van der Waals surface area contributed by atoms with E-state index in [0.717, 1.165) is 53.9 Å². The molecule has 0 amide bonds. The lowest BCUT2D eigenvalue weighted by atomic mass is 9.82. The van der Waals surface area contributed by atoms with E-state index in [1.54, 1.807) is 24.3 Å². The molecule has 0 unspecified atom stereocenters. The quantitative estimate of drug-likeness (QED) is 0.179. The fraction of sp³-hybridized carbons (Fsp3) is 0.250. The highest BCUT2D eigenvalue weighted by Gasteiger charge is 2.24. The summed E-state index contributed by atoms with van der Waals surface area (Å²) in [4.78, 5) is 9.72. The number of hydrogen-bond donors (Lipinski definition) is 3. The van der Waals surface area contributed by atoms with Gasteiger partial charge in [0, 0.05) is 29.5 Å². The number of sulfonamides is 1. The van der Waals surface area contributed by atoms with Crippen LogP contribution in [0.15, 0.2) is 95.9 Å². The van der Waals surface area contributed by atoms with Gasteiger partial charge in [0.15, 0.2) is 0 Å². The van der Waals surface area contributed by atoms with E-state index in [9.17, 15) is 12.8 Å². The van der Waals surface area contributed by atoms with Gasteiger partial charge in [0.1, 0.15) is 11.6 Å². The Labute approximate surface area is 239 Å². The molecule has 1 heterocycles. The fourth-order valence-corrected chi connectivity index (χ4v) is 6.91. The van der Waals surface area contributed by atoms with E-state index in [1.807, 2.05) is 54.6 Å². The third-order valence-electron chi connectivity index (χ3n) is 7.81. The summed E-state index contributed by atoms with van der Waals surface area (Å²) in [7, 11) is -3.60. The molecule has 6 rings (SSSR count). The van der Waals surface area contributed by atoms with E-state index >= 15 is 0 Å². The number of fused-ring (bicyclic) bond motifs is 2. The van der Waals surface area contributed by atoms with E-state index in [1.165, 1.54) is 12.1 Å². The third kappa shape index (κ3) is 6.31. The van der Waals surface area contributed by atoms with E-state index in [0.29, 0.717) is 40.7 Å². The predicted molar refractivity (Wildman–Crippen MR) is 162 cm³/mol. The minimum atomic E-state index is -3.60. The summed E-state index contributed by atoms with van der Waals surface area (Å²) in [6.07, 6.45) is 3.90. The summed E-state index contributed by atoms with van der Waals surface area (Å²) >= 11 is 0.